The van der Waals surface area contributed by atoms with Crippen LogP contribution in [0.2, 0.25) is 5.02 Å². The van der Waals surface area contributed by atoms with Gasteiger partial charge in [-0.3, -0.25) is 0 Å². The Morgan fingerprint density at radius 2 is 2.31 bits per heavy atom. The monoisotopic (exact) mass is 236 g/mol. The molecule has 0 spiro atoms. The fourth-order valence-corrected chi connectivity index (χ4v) is 1.54. The molecule has 0 radical (unpaired) electrons. The highest BCUT2D eigenvalue weighted by Gasteiger charge is 2.06. The summed E-state index contributed by atoms with van der Waals surface area (Å²) < 4.78 is 5.65. The molecule has 0 aliphatic rings. The molecule has 0 fully saturated rings. The largest absolute Gasteiger partial charge is 0.487 e. The summed E-state index contributed by atoms with van der Waals surface area (Å²) in [5, 5.41) is 0.725. The molecule has 0 heterocycles. The van der Waals surface area contributed by atoms with Crippen molar-refractivity contribution >= 4 is 11.6 Å². The first-order valence-corrected chi connectivity index (χ1v) is 5.79. The summed E-state index contributed by atoms with van der Waals surface area (Å²) in [7, 11) is 0. The van der Waals surface area contributed by atoms with Gasteiger partial charge in [0.25, 0.3) is 0 Å². The molecule has 1 aromatic carbocycles. The van der Waals surface area contributed by atoms with Crippen molar-refractivity contribution in [3.05, 3.63) is 59.3 Å². The van der Waals surface area contributed by atoms with E-state index >= 15 is 0 Å². The molecule has 16 heavy (non-hydrogen) atoms. The predicted octanol–water partition coefficient (Wildman–Crippen LogP) is 4.90. The Bertz CT molecular complexity index is 382. The Hall–Kier alpha value is -1.21. The fourth-order valence-electron chi connectivity index (χ4n) is 1.34. The van der Waals surface area contributed by atoms with Crippen LogP contribution < -0.4 is 0 Å². The van der Waals surface area contributed by atoms with Gasteiger partial charge in [-0.25, -0.2) is 0 Å². The van der Waals surface area contributed by atoms with Gasteiger partial charge in [-0.05, 0) is 37.1 Å². The van der Waals surface area contributed by atoms with Gasteiger partial charge in [0.1, 0.15) is 11.9 Å². The first-order valence-electron chi connectivity index (χ1n) is 5.41. The maximum atomic E-state index is 5.92. The number of hydrogen-bond acceptors (Lipinski definition) is 1. The number of ether oxygens (including phenoxy) is 1. The molecule has 0 amide bonds. The van der Waals surface area contributed by atoms with Gasteiger partial charge in [0.05, 0.1) is 0 Å². The van der Waals surface area contributed by atoms with Gasteiger partial charge < -0.3 is 4.74 Å². The first-order chi connectivity index (χ1) is 7.63. The second-order valence-electron chi connectivity index (χ2n) is 3.59. The van der Waals surface area contributed by atoms with Crippen molar-refractivity contribution in [1.82, 2.24) is 0 Å². The minimum atomic E-state index is -0.0345. The van der Waals surface area contributed by atoms with Crippen LogP contribution in [0, 0.1) is 0 Å². The first kappa shape index (κ1) is 12.9. The molecule has 0 aliphatic carbocycles. The molecule has 0 bridgehead atoms. The lowest BCUT2D eigenvalue weighted by Gasteiger charge is -2.15. The molecule has 0 aliphatic heterocycles. The van der Waals surface area contributed by atoms with E-state index in [1.165, 1.54) is 0 Å². The Morgan fingerprint density at radius 1 is 1.56 bits per heavy atom. The molecular weight excluding hydrogens is 220 g/mol. The summed E-state index contributed by atoms with van der Waals surface area (Å²) in [5.41, 5.74) is 1.05. The molecule has 1 atom stereocenters. The van der Waals surface area contributed by atoms with E-state index in [0.717, 1.165) is 17.0 Å². The minimum absolute atomic E-state index is 0.0345. The third kappa shape index (κ3) is 4.11. The Kier molecular flexibility index (Phi) is 5.13. The zero-order valence-electron chi connectivity index (χ0n) is 9.74. The van der Waals surface area contributed by atoms with Crippen LogP contribution in [0.3, 0.4) is 0 Å². The van der Waals surface area contributed by atoms with Crippen LogP contribution in [0.1, 0.15) is 31.9 Å². The van der Waals surface area contributed by atoms with Crippen LogP contribution in [0.4, 0.5) is 0 Å². The molecule has 86 valence electrons. The molecule has 0 aromatic heterocycles. The SMILES string of the molecule is C=C(/C=C\CC)OC(C)c1cccc(Cl)c1. The average molecular weight is 237 g/mol. The predicted molar refractivity (Wildman–Crippen MR) is 69.5 cm³/mol. The van der Waals surface area contributed by atoms with Gasteiger partial charge in [0.2, 0.25) is 0 Å². The molecule has 1 aromatic rings. The molecule has 1 unspecified atom stereocenters. The highest BCUT2D eigenvalue weighted by molar-refractivity contribution is 6.30. The maximum absolute atomic E-state index is 5.92. The average Bonchev–Trinajstić information content (AvgIpc) is 2.26. The highest BCUT2D eigenvalue weighted by Crippen LogP contribution is 2.22. The van der Waals surface area contributed by atoms with E-state index in [-0.39, 0.29) is 6.10 Å². The zero-order chi connectivity index (χ0) is 12.0. The lowest BCUT2D eigenvalue weighted by atomic mass is 10.1. The summed E-state index contributed by atoms with van der Waals surface area (Å²) in [4.78, 5) is 0. The van der Waals surface area contributed by atoms with E-state index in [1.54, 1.807) is 0 Å². The van der Waals surface area contributed by atoms with E-state index in [1.807, 2.05) is 43.3 Å². The zero-order valence-corrected chi connectivity index (χ0v) is 10.5. The van der Waals surface area contributed by atoms with Crippen LogP contribution in [0.25, 0.3) is 0 Å². The topological polar surface area (TPSA) is 9.23 Å². The molecule has 0 N–H and O–H groups in total. The van der Waals surface area contributed by atoms with Crippen LogP contribution in [0.15, 0.2) is 48.8 Å². The summed E-state index contributed by atoms with van der Waals surface area (Å²) in [6.45, 7) is 7.89. The molecule has 1 nitrogen and oxygen atoms in total. The van der Waals surface area contributed by atoms with Crippen LogP contribution in [0.5, 0.6) is 0 Å². The third-order valence-electron chi connectivity index (χ3n) is 2.19. The second kappa shape index (κ2) is 6.39. The van der Waals surface area contributed by atoms with Crippen LogP contribution >= 0.6 is 11.6 Å². The molecule has 2 heteroatoms. The van der Waals surface area contributed by atoms with E-state index in [9.17, 15) is 0 Å². The summed E-state index contributed by atoms with van der Waals surface area (Å²) >= 11 is 5.92. The van der Waals surface area contributed by atoms with Crippen molar-refractivity contribution < 1.29 is 4.74 Å². The van der Waals surface area contributed by atoms with Gasteiger partial charge >= 0.3 is 0 Å². The van der Waals surface area contributed by atoms with E-state index in [2.05, 4.69) is 13.5 Å². The van der Waals surface area contributed by atoms with Gasteiger partial charge in [0.15, 0.2) is 0 Å². The van der Waals surface area contributed by atoms with Crippen molar-refractivity contribution in [3.8, 4) is 0 Å². The van der Waals surface area contributed by atoms with E-state index in [4.69, 9.17) is 16.3 Å². The fraction of sp³-hybridized carbons (Fsp3) is 0.286. The highest BCUT2D eigenvalue weighted by atomic mass is 35.5. The molecule has 0 saturated carbocycles. The quantitative estimate of drug-likeness (QED) is 0.522. The minimum Gasteiger partial charge on any atom is -0.487 e. The smallest absolute Gasteiger partial charge is 0.121 e. The van der Waals surface area contributed by atoms with E-state index < -0.39 is 0 Å². The Labute approximate surface area is 102 Å². The number of rotatable bonds is 5. The Balaban J connectivity index is 2.62. The van der Waals surface area contributed by atoms with Crippen molar-refractivity contribution in [2.75, 3.05) is 0 Å². The Morgan fingerprint density at radius 3 is 2.94 bits per heavy atom. The number of halogens is 1. The lowest BCUT2D eigenvalue weighted by Crippen LogP contribution is -1.98. The van der Waals surface area contributed by atoms with Crippen molar-refractivity contribution in [2.24, 2.45) is 0 Å². The van der Waals surface area contributed by atoms with E-state index in [0.29, 0.717) is 5.76 Å². The second-order valence-corrected chi connectivity index (χ2v) is 4.03. The summed E-state index contributed by atoms with van der Waals surface area (Å²) in [6, 6.07) is 7.67. The number of hydrogen-bond donors (Lipinski definition) is 0. The summed E-state index contributed by atoms with van der Waals surface area (Å²) in [5.74, 6) is 0.675. The standard InChI is InChI=1S/C14H17ClO/c1-4-5-7-11(2)16-12(3)13-8-6-9-14(15)10-13/h5-10,12H,2,4H2,1,3H3/b7-5-. The van der Waals surface area contributed by atoms with Crippen LogP contribution in [-0.2, 0) is 4.74 Å². The van der Waals surface area contributed by atoms with Gasteiger partial charge in [0, 0.05) is 5.02 Å². The van der Waals surface area contributed by atoms with Crippen molar-refractivity contribution in [1.29, 1.82) is 0 Å². The molecular formula is C14H17ClO. The van der Waals surface area contributed by atoms with Gasteiger partial charge in [-0.2, -0.15) is 0 Å². The molecule has 0 saturated heterocycles. The van der Waals surface area contributed by atoms with Crippen LogP contribution in [-0.4, -0.2) is 0 Å². The lowest BCUT2D eigenvalue weighted by molar-refractivity contribution is 0.144. The molecule has 1 rings (SSSR count). The van der Waals surface area contributed by atoms with Gasteiger partial charge in [-0.1, -0.05) is 43.3 Å². The third-order valence-corrected chi connectivity index (χ3v) is 2.42. The van der Waals surface area contributed by atoms with Crippen molar-refractivity contribution in [3.63, 3.8) is 0 Å². The number of benzene rings is 1. The van der Waals surface area contributed by atoms with Gasteiger partial charge in [-0.15, -0.1) is 0 Å². The van der Waals surface area contributed by atoms with Crippen molar-refractivity contribution in [2.45, 2.75) is 26.4 Å². The normalized spacial score (nSPS) is 12.7. The summed E-state index contributed by atoms with van der Waals surface area (Å²) in [6.07, 6.45) is 4.86. The maximum Gasteiger partial charge on any atom is 0.121 e. The number of allylic oxidation sites excluding steroid dienone is 2.